The first-order valence-corrected chi connectivity index (χ1v) is 17.2. The Morgan fingerprint density at radius 3 is 1.56 bits per heavy atom. The van der Waals surface area contributed by atoms with Crippen molar-refractivity contribution in [3.05, 3.63) is 194 Å². The van der Waals surface area contributed by atoms with Crippen molar-refractivity contribution in [2.75, 3.05) is 0 Å². The van der Waals surface area contributed by atoms with Crippen molar-refractivity contribution >= 4 is 43.6 Å². The molecule has 50 heavy (non-hydrogen) atoms. The fraction of sp³-hybridized carbons (Fsp3) is 0. The number of fused-ring (bicyclic) bond motifs is 6. The highest BCUT2D eigenvalue weighted by atomic mass is 15.0. The molecule has 0 spiro atoms. The van der Waals surface area contributed by atoms with Crippen LogP contribution in [0.25, 0.3) is 88.4 Å². The van der Waals surface area contributed by atoms with Crippen LogP contribution < -0.4 is 0 Å². The minimum absolute atomic E-state index is 1.15. The number of aromatic nitrogens is 2. The van der Waals surface area contributed by atoms with Gasteiger partial charge in [0.2, 0.25) is 0 Å². The van der Waals surface area contributed by atoms with Crippen molar-refractivity contribution < 1.29 is 0 Å². The van der Waals surface area contributed by atoms with Crippen LogP contribution >= 0.6 is 0 Å². The van der Waals surface area contributed by atoms with Gasteiger partial charge in [0, 0.05) is 38.5 Å². The van der Waals surface area contributed by atoms with Gasteiger partial charge >= 0.3 is 0 Å². The summed E-state index contributed by atoms with van der Waals surface area (Å²) in [5.74, 6) is 0. The molecule has 0 aliphatic carbocycles. The number of hydrogen-bond donors (Lipinski definition) is 0. The lowest BCUT2D eigenvalue weighted by molar-refractivity contribution is 1.18. The van der Waals surface area contributed by atoms with Gasteiger partial charge in [0.1, 0.15) is 0 Å². The van der Waals surface area contributed by atoms with Crippen LogP contribution in [0.5, 0.6) is 0 Å². The zero-order valence-electron chi connectivity index (χ0n) is 27.4. The molecule has 2 heteroatoms. The molecule has 0 radical (unpaired) electrons. The Labute approximate surface area is 290 Å². The molecule has 8 aromatic carbocycles. The van der Waals surface area contributed by atoms with Crippen LogP contribution in [0.3, 0.4) is 0 Å². The average Bonchev–Trinajstić information content (AvgIpc) is 3.72. The highest BCUT2D eigenvalue weighted by Gasteiger charge is 2.21. The summed E-state index contributed by atoms with van der Waals surface area (Å²) in [5, 5.41) is 5.01. The van der Waals surface area contributed by atoms with E-state index in [-0.39, 0.29) is 0 Å². The van der Waals surface area contributed by atoms with E-state index in [9.17, 15) is 0 Å². The van der Waals surface area contributed by atoms with E-state index in [1.165, 1.54) is 77.0 Å². The molecule has 0 bridgehead atoms. The average molecular weight is 637 g/mol. The summed E-state index contributed by atoms with van der Waals surface area (Å²) in [4.78, 5) is 0. The Balaban J connectivity index is 1.24. The topological polar surface area (TPSA) is 9.86 Å². The normalized spacial score (nSPS) is 11.6. The van der Waals surface area contributed by atoms with Crippen molar-refractivity contribution in [3.63, 3.8) is 0 Å². The van der Waals surface area contributed by atoms with Gasteiger partial charge in [0.25, 0.3) is 0 Å². The maximum atomic E-state index is 2.45. The minimum Gasteiger partial charge on any atom is -0.309 e. The Kier molecular flexibility index (Phi) is 6.53. The first-order chi connectivity index (χ1) is 24.8. The van der Waals surface area contributed by atoms with Crippen molar-refractivity contribution in [1.29, 1.82) is 0 Å². The van der Waals surface area contributed by atoms with E-state index in [4.69, 9.17) is 0 Å². The Morgan fingerprint density at radius 2 is 0.800 bits per heavy atom. The maximum Gasteiger partial charge on any atom is 0.0619 e. The fourth-order valence-corrected chi connectivity index (χ4v) is 7.91. The third-order valence-electron chi connectivity index (χ3n) is 10.1. The van der Waals surface area contributed by atoms with Gasteiger partial charge in [-0.1, -0.05) is 152 Å². The number of hydrogen-bond acceptors (Lipinski definition) is 0. The molecule has 0 fully saturated rings. The third kappa shape index (κ3) is 4.43. The molecule has 0 unspecified atom stereocenters. The zero-order valence-corrected chi connectivity index (χ0v) is 27.4. The van der Waals surface area contributed by atoms with E-state index in [0.29, 0.717) is 0 Å². The molecule has 0 saturated carbocycles. The van der Waals surface area contributed by atoms with E-state index in [1.807, 2.05) is 0 Å². The molecule has 2 aromatic heterocycles. The molecule has 234 valence electrons. The van der Waals surface area contributed by atoms with Crippen LogP contribution in [0.1, 0.15) is 0 Å². The van der Waals surface area contributed by atoms with E-state index in [2.05, 4.69) is 203 Å². The molecule has 0 aliphatic heterocycles. The van der Waals surface area contributed by atoms with Crippen molar-refractivity contribution in [2.45, 2.75) is 0 Å². The molecule has 0 N–H and O–H groups in total. The second-order valence-corrected chi connectivity index (χ2v) is 12.9. The highest BCUT2D eigenvalue weighted by Crippen LogP contribution is 2.43. The number of benzene rings is 8. The molecule has 10 aromatic rings. The summed E-state index contributed by atoms with van der Waals surface area (Å²) in [7, 11) is 0. The van der Waals surface area contributed by atoms with Gasteiger partial charge in [0.15, 0.2) is 0 Å². The summed E-state index contributed by atoms with van der Waals surface area (Å²) in [6.45, 7) is 0. The monoisotopic (exact) mass is 636 g/mol. The number of rotatable bonds is 5. The second kappa shape index (κ2) is 11.5. The summed E-state index contributed by atoms with van der Waals surface area (Å²) in [6.07, 6.45) is 0. The smallest absolute Gasteiger partial charge is 0.0619 e. The molecule has 0 aliphatic rings. The van der Waals surface area contributed by atoms with Crippen LogP contribution in [0.4, 0.5) is 0 Å². The van der Waals surface area contributed by atoms with Gasteiger partial charge in [-0.3, -0.25) is 0 Å². The van der Waals surface area contributed by atoms with Crippen molar-refractivity contribution in [3.8, 4) is 44.8 Å². The van der Waals surface area contributed by atoms with Gasteiger partial charge in [-0.25, -0.2) is 0 Å². The summed E-state index contributed by atoms with van der Waals surface area (Å²) in [5.41, 5.74) is 14.4. The largest absolute Gasteiger partial charge is 0.309 e. The minimum atomic E-state index is 1.15. The van der Waals surface area contributed by atoms with Crippen LogP contribution in [0.15, 0.2) is 194 Å². The van der Waals surface area contributed by atoms with Gasteiger partial charge < -0.3 is 9.13 Å². The summed E-state index contributed by atoms with van der Waals surface area (Å²) in [6, 6.07) is 70.3. The fourth-order valence-electron chi connectivity index (χ4n) is 7.91. The Hall–Kier alpha value is -6.64. The Morgan fingerprint density at radius 1 is 0.280 bits per heavy atom. The van der Waals surface area contributed by atoms with E-state index in [0.717, 1.165) is 11.4 Å². The molecule has 0 amide bonds. The third-order valence-corrected chi connectivity index (χ3v) is 10.1. The lowest BCUT2D eigenvalue weighted by Crippen LogP contribution is -1.96. The summed E-state index contributed by atoms with van der Waals surface area (Å²) < 4.78 is 4.88. The predicted molar refractivity (Wildman–Crippen MR) is 211 cm³/mol. The predicted octanol–water partition coefficient (Wildman–Crippen LogP) is 12.9. The molecule has 2 heterocycles. The van der Waals surface area contributed by atoms with Crippen molar-refractivity contribution in [1.82, 2.24) is 9.13 Å². The number of nitrogens with zero attached hydrogens (tertiary/aromatic N) is 2. The van der Waals surface area contributed by atoms with E-state index >= 15 is 0 Å². The Bertz CT molecular complexity index is 2840. The highest BCUT2D eigenvalue weighted by molar-refractivity contribution is 6.20. The van der Waals surface area contributed by atoms with Crippen LogP contribution in [-0.2, 0) is 0 Å². The van der Waals surface area contributed by atoms with Crippen LogP contribution in [0, 0.1) is 0 Å². The van der Waals surface area contributed by atoms with Gasteiger partial charge in [0.05, 0.1) is 22.1 Å². The molecule has 10 rings (SSSR count). The molecule has 0 atom stereocenters. The first kappa shape index (κ1) is 28.4. The van der Waals surface area contributed by atoms with Gasteiger partial charge in [-0.05, 0) is 70.3 Å². The van der Waals surface area contributed by atoms with Crippen molar-refractivity contribution in [2.24, 2.45) is 0 Å². The SMILES string of the molecule is c1ccc(-c2ccc(-n3c4ccccc4c4cccc(-c5cccc6c5c5ccccc5n6-c5cccc(-c6ccccc6)c5)c43)cc2)cc1. The quantitative estimate of drug-likeness (QED) is 0.178. The molecular formula is C48H32N2. The van der Waals surface area contributed by atoms with E-state index < -0.39 is 0 Å². The molecular weight excluding hydrogens is 605 g/mol. The molecule has 0 saturated heterocycles. The maximum absolute atomic E-state index is 2.45. The van der Waals surface area contributed by atoms with Crippen LogP contribution in [0.2, 0.25) is 0 Å². The lowest BCUT2D eigenvalue weighted by Gasteiger charge is -2.14. The van der Waals surface area contributed by atoms with Gasteiger partial charge in [-0.2, -0.15) is 0 Å². The zero-order chi connectivity index (χ0) is 33.0. The standard InChI is InChI=1S/C48H32N2/c1-3-14-33(15-4-1)35-28-30-37(31-29-35)50-44-25-9-7-20-39(44)41-23-12-24-42(48(41)50)40-22-13-27-46-47(40)43-21-8-10-26-45(43)49(46)38-19-11-18-36(32-38)34-16-5-2-6-17-34/h1-32H. The van der Waals surface area contributed by atoms with E-state index in [1.54, 1.807) is 0 Å². The first-order valence-electron chi connectivity index (χ1n) is 17.2. The van der Waals surface area contributed by atoms with Gasteiger partial charge in [-0.15, -0.1) is 0 Å². The number of para-hydroxylation sites is 3. The summed E-state index contributed by atoms with van der Waals surface area (Å²) >= 11 is 0. The molecule has 2 nitrogen and oxygen atoms in total. The second-order valence-electron chi connectivity index (χ2n) is 12.9. The lowest BCUT2D eigenvalue weighted by atomic mass is 9.97. The van der Waals surface area contributed by atoms with Crippen LogP contribution in [-0.4, -0.2) is 9.13 Å².